The molecule has 2 aromatic heterocycles. The minimum absolute atomic E-state index is 0.449. The molecule has 3 heteroatoms. The third-order valence-corrected chi connectivity index (χ3v) is 2.62. The van der Waals surface area contributed by atoms with Crippen LogP contribution in [0.1, 0.15) is 5.69 Å². The Morgan fingerprint density at radius 1 is 0.938 bits per heavy atom. The van der Waals surface area contributed by atoms with Crippen LogP contribution in [0.15, 0.2) is 42.7 Å². The minimum Gasteiger partial charge on any atom is -0.256 e. The van der Waals surface area contributed by atoms with E-state index in [1.807, 2.05) is 30.3 Å². The van der Waals surface area contributed by atoms with Crippen molar-refractivity contribution in [1.29, 1.82) is 5.26 Å². The molecule has 0 N–H and O–H groups in total. The minimum atomic E-state index is 0.449. The summed E-state index contributed by atoms with van der Waals surface area (Å²) in [7, 11) is 0. The molecule has 0 spiro atoms. The van der Waals surface area contributed by atoms with E-state index in [0.29, 0.717) is 5.69 Å². The molecule has 0 aliphatic carbocycles. The van der Waals surface area contributed by atoms with Crippen molar-refractivity contribution in [3.63, 3.8) is 0 Å². The fourth-order valence-corrected chi connectivity index (χ4v) is 1.89. The zero-order valence-corrected chi connectivity index (χ0v) is 8.38. The van der Waals surface area contributed by atoms with Gasteiger partial charge in [-0.2, -0.15) is 5.26 Å². The normalized spacial score (nSPS) is 10.4. The van der Waals surface area contributed by atoms with Crippen molar-refractivity contribution in [2.24, 2.45) is 0 Å². The van der Waals surface area contributed by atoms with Gasteiger partial charge in [-0.05, 0) is 12.1 Å². The number of aromatic nitrogens is 2. The Balaban J connectivity index is 2.58. The molecule has 0 unspecified atom stereocenters. The van der Waals surface area contributed by atoms with Gasteiger partial charge in [0.05, 0.1) is 5.52 Å². The topological polar surface area (TPSA) is 49.6 Å². The van der Waals surface area contributed by atoms with Crippen LogP contribution in [-0.2, 0) is 0 Å². The predicted molar refractivity (Wildman–Crippen MR) is 61.8 cm³/mol. The van der Waals surface area contributed by atoms with Gasteiger partial charge in [-0.3, -0.25) is 4.98 Å². The van der Waals surface area contributed by atoms with Crippen LogP contribution in [0.2, 0.25) is 0 Å². The first-order valence-electron chi connectivity index (χ1n) is 4.93. The second-order valence-electron chi connectivity index (χ2n) is 3.51. The number of pyridine rings is 2. The summed E-state index contributed by atoms with van der Waals surface area (Å²) >= 11 is 0. The summed E-state index contributed by atoms with van der Waals surface area (Å²) < 4.78 is 0. The van der Waals surface area contributed by atoms with Gasteiger partial charge >= 0.3 is 0 Å². The van der Waals surface area contributed by atoms with E-state index in [1.165, 1.54) is 0 Å². The molecule has 16 heavy (non-hydrogen) atoms. The van der Waals surface area contributed by atoms with Crippen LogP contribution in [0.25, 0.3) is 21.7 Å². The highest BCUT2D eigenvalue weighted by molar-refractivity contribution is 6.06. The second-order valence-corrected chi connectivity index (χ2v) is 3.51. The van der Waals surface area contributed by atoms with E-state index in [0.717, 1.165) is 21.7 Å². The maximum absolute atomic E-state index is 8.97. The molecule has 0 saturated carbocycles. The van der Waals surface area contributed by atoms with Gasteiger partial charge in [-0.25, -0.2) is 4.98 Å². The Labute approximate surface area is 92.0 Å². The first-order chi connectivity index (χ1) is 7.90. The Morgan fingerprint density at radius 3 is 2.75 bits per heavy atom. The van der Waals surface area contributed by atoms with Gasteiger partial charge in [0.15, 0.2) is 0 Å². The molecule has 2 heterocycles. The van der Waals surface area contributed by atoms with Crippen molar-refractivity contribution in [2.75, 3.05) is 0 Å². The monoisotopic (exact) mass is 205 g/mol. The Morgan fingerprint density at radius 2 is 1.88 bits per heavy atom. The predicted octanol–water partition coefficient (Wildman–Crippen LogP) is 2.65. The van der Waals surface area contributed by atoms with Crippen LogP contribution >= 0.6 is 0 Å². The van der Waals surface area contributed by atoms with Crippen molar-refractivity contribution in [2.45, 2.75) is 0 Å². The number of rotatable bonds is 0. The molecule has 0 radical (unpaired) electrons. The van der Waals surface area contributed by atoms with Gasteiger partial charge in [0, 0.05) is 28.6 Å². The molecule has 3 aromatic rings. The summed E-state index contributed by atoms with van der Waals surface area (Å²) in [5, 5.41) is 11.9. The van der Waals surface area contributed by atoms with Crippen LogP contribution < -0.4 is 0 Å². The molecule has 3 rings (SSSR count). The smallest absolute Gasteiger partial charge is 0.148 e. The van der Waals surface area contributed by atoms with Crippen LogP contribution in [0.3, 0.4) is 0 Å². The quantitative estimate of drug-likeness (QED) is 0.530. The SMILES string of the molecule is N#Cc1nccc2c1ccc1cccnc12. The van der Waals surface area contributed by atoms with Crippen molar-refractivity contribution in [3.05, 3.63) is 48.4 Å². The van der Waals surface area contributed by atoms with E-state index in [9.17, 15) is 0 Å². The fourth-order valence-electron chi connectivity index (χ4n) is 1.89. The van der Waals surface area contributed by atoms with Gasteiger partial charge in [-0.1, -0.05) is 18.2 Å². The van der Waals surface area contributed by atoms with Crippen molar-refractivity contribution in [1.82, 2.24) is 9.97 Å². The largest absolute Gasteiger partial charge is 0.256 e. The highest BCUT2D eigenvalue weighted by Crippen LogP contribution is 2.24. The molecular weight excluding hydrogens is 198 g/mol. The van der Waals surface area contributed by atoms with E-state index in [-0.39, 0.29) is 0 Å². The molecule has 0 fully saturated rings. The molecule has 0 aliphatic heterocycles. The number of benzene rings is 1. The lowest BCUT2D eigenvalue weighted by atomic mass is 10.1. The Kier molecular flexibility index (Phi) is 1.81. The number of fused-ring (bicyclic) bond motifs is 3. The van der Waals surface area contributed by atoms with Crippen LogP contribution in [0.4, 0.5) is 0 Å². The lowest BCUT2D eigenvalue weighted by Gasteiger charge is -2.02. The molecule has 1 aromatic carbocycles. The third kappa shape index (κ3) is 1.14. The van der Waals surface area contributed by atoms with Crippen molar-refractivity contribution in [3.8, 4) is 6.07 Å². The highest BCUT2D eigenvalue weighted by Gasteiger charge is 2.05. The highest BCUT2D eigenvalue weighted by atomic mass is 14.7. The summed E-state index contributed by atoms with van der Waals surface area (Å²) in [6.45, 7) is 0. The molecule has 0 aliphatic rings. The molecule has 74 valence electrons. The summed E-state index contributed by atoms with van der Waals surface area (Å²) in [6.07, 6.45) is 3.41. The van der Waals surface area contributed by atoms with Crippen LogP contribution in [0.5, 0.6) is 0 Å². The standard InChI is InChI=1S/C13H7N3/c14-8-12-10-4-3-9-2-1-6-16-13(9)11(10)5-7-15-12/h1-7H. The average molecular weight is 205 g/mol. The second kappa shape index (κ2) is 3.28. The van der Waals surface area contributed by atoms with Gasteiger partial charge in [0.25, 0.3) is 0 Å². The van der Waals surface area contributed by atoms with Gasteiger partial charge in [0.2, 0.25) is 0 Å². The summed E-state index contributed by atoms with van der Waals surface area (Å²) in [5.74, 6) is 0. The van der Waals surface area contributed by atoms with E-state index < -0.39 is 0 Å². The number of nitriles is 1. The summed E-state index contributed by atoms with van der Waals surface area (Å²) in [6, 6.07) is 11.8. The first-order valence-corrected chi connectivity index (χ1v) is 4.93. The lowest BCUT2D eigenvalue weighted by molar-refractivity contribution is 1.30. The zero-order chi connectivity index (χ0) is 11.0. The summed E-state index contributed by atoms with van der Waals surface area (Å²) in [4.78, 5) is 8.39. The summed E-state index contributed by atoms with van der Waals surface area (Å²) in [5.41, 5.74) is 1.36. The number of hydrogen-bond donors (Lipinski definition) is 0. The van der Waals surface area contributed by atoms with Crippen molar-refractivity contribution < 1.29 is 0 Å². The molecule has 0 amide bonds. The van der Waals surface area contributed by atoms with Gasteiger partial charge in [-0.15, -0.1) is 0 Å². The maximum Gasteiger partial charge on any atom is 0.148 e. The molecular formula is C13H7N3. The molecule has 0 atom stereocenters. The third-order valence-electron chi connectivity index (χ3n) is 2.62. The number of nitrogens with zero attached hydrogens (tertiary/aromatic N) is 3. The first kappa shape index (κ1) is 8.81. The Hall–Kier alpha value is -2.47. The van der Waals surface area contributed by atoms with E-state index >= 15 is 0 Å². The maximum atomic E-state index is 8.97. The van der Waals surface area contributed by atoms with Crippen LogP contribution in [0, 0.1) is 11.3 Å². The number of hydrogen-bond acceptors (Lipinski definition) is 3. The van der Waals surface area contributed by atoms with E-state index in [1.54, 1.807) is 12.4 Å². The van der Waals surface area contributed by atoms with E-state index in [4.69, 9.17) is 5.26 Å². The molecule has 3 nitrogen and oxygen atoms in total. The fraction of sp³-hybridized carbons (Fsp3) is 0. The zero-order valence-electron chi connectivity index (χ0n) is 8.38. The van der Waals surface area contributed by atoms with E-state index in [2.05, 4.69) is 16.0 Å². The average Bonchev–Trinajstić information content (AvgIpc) is 2.37. The van der Waals surface area contributed by atoms with Gasteiger partial charge in [0.1, 0.15) is 11.8 Å². The Bertz CT molecular complexity index is 726. The molecule has 0 saturated heterocycles. The lowest BCUT2D eigenvalue weighted by Crippen LogP contribution is -1.87. The van der Waals surface area contributed by atoms with Crippen molar-refractivity contribution >= 4 is 21.7 Å². The van der Waals surface area contributed by atoms with Crippen LogP contribution in [-0.4, -0.2) is 9.97 Å². The molecule has 0 bridgehead atoms. The van der Waals surface area contributed by atoms with Gasteiger partial charge < -0.3 is 0 Å².